The SMILES string of the molecule is O=S(=O)(c1ccc(F)c(F)c1F)N1CCCC1Cc1ccccc1. The van der Waals surface area contributed by atoms with Gasteiger partial charge in [-0.15, -0.1) is 0 Å². The maximum absolute atomic E-state index is 13.9. The van der Waals surface area contributed by atoms with Crippen LogP contribution in [-0.2, 0) is 16.4 Å². The first-order valence-corrected chi connectivity index (χ1v) is 9.04. The molecule has 24 heavy (non-hydrogen) atoms. The molecular weight excluding hydrogens is 339 g/mol. The molecule has 3 rings (SSSR count). The van der Waals surface area contributed by atoms with E-state index in [-0.39, 0.29) is 12.6 Å². The average molecular weight is 355 g/mol. The molecule has 1 aliphatic heterocycles. The highest BCUT2D eigenvalue weighted by molar-refractivity contribution is 7.89. The average Bonchev–Trinajstić information content (AvgIpc) is 3.02. The van der Waals surface area contributed by atoms with Crippen LogP contribution < -0.4 is 0 Å². The van der Waals surface area contributed by atoms with Gasteiger partial charge < -0.3 is 0 Å². The fourth-order valence-electron chi connectivity index (χ4n) is 3.05. The normalized spacial score (nSPS) is 18.9. The summed E-state index contributed by atoms with van der Waals surface area (Å²) in [5.41, 5.74) is 0.968. The minimum absolute atomic E-state index is 0.234. The van der Waals surface area contributed by atoms with Crippen LogP contribution in [0.5, 0.6) is 0 Å². The Morgan fingerprint density at radius 3 is 2.42 bits per heavy atom. The standard InChI is InChI=1S/C17H16F3NO2S/c18-14-8-9-15(17(20)16(14)19)24(22,23)21-10-4-7-13(21)11-12-5-2-1-3-6-12/h1-3,5-6,8-9,13H,4,7,10-11H2. The first-order chi connectivity index (χ1) is 11.4. The third-order valence-electron chi connectivity index (χ3n) is 4.22. The second kappa shape index (κ2) is 6.57. The molecule has 1 saturated heterocycles. The highest BCUT2D eigenvalue weighted by Gasteiger charge is 2.37. The number of halogens is 3. The molecule has 1 unspecified atom stereocenters. The zero-order valence-corrected chi connectivity index (χ0v) is 13.6. The van der Waals surface area contributed by atoms with E-state index in [2.05, 4.69) is 0 Å². The molecule has 0 amide bonds. The Bertz CT molecular complexity index is 840. The van der Waals surface area contributed by atoms with Crippen LogP contribution in [0.1, 0.15) is 18.4 Å². The molecule has 0 spiro atoms. The number of nitrogens with zero attached hydrogens (tertiary/aromatic N) is 1. The van der Waals surface area contributed by atoms with Gasteiger partial charge >= 0.3 is 0 Å². The fourth-order valence-corrected chi connectivity index (χ4v) is 4.80. The Morgan fingerprint density at radius 1 is 1.00 bits per heavy atom. The molecule has 1 aliphatic rings. The highest BCUT2D eigenvalue weighted by Crippen LogP contribution is 2.30. The third-order valence-corrected chi connectivity index (χ3v) is 6.19. The van der Waals surface area contributed by atoms with E-state index in [0.29, 0.717) is 25.3 Å². The lowest BCUT2D eigenvalue weighted by atomic mass is 10.1. The van der Waals surface area contributed by atoms with Crippen molar-refractivity contribution in [2.75, 3.05) is 6.54 Å². The Kier molecular flexibility index (Phi) is 4.64. The van der Waals surface area contributed by atoms with Crippen molar-refractivity contribution in [1.29, 1.82) is 0 Å². The van der Waals surface area contributed by atoms with Crippen molar-refractivity contribution in [3.63, 3.8) is 0 Å². The molecule has 7 heteroatoms. The van der Waals surface area contributed by atoms with Gasteiger partial charge in [0.1, 0.15) is 4.90 Å². The molecule has 2 aromatic rings. The van der Waals surface area contributed by atoms with E-state index in [0.717, 1.165) is 11.6 Å². The van der Waals surface area contributed by atoms with E-state index in [1.54, 1.807) is 0 Å². The summed E-state index contributed by atoms with van der Waals surface area (Å²) in [4.78, 5) is -0.818. The number of sulfonamides is 1. The summed E-state index contributed by atoms with van der Waals surface area (Å²) in [5.74, 6) is -4.84. The molecule has 3 nitrogen and oxygen atoms in total. The zero-order chi connectivity index (χ0) is 17.3. The number of benzene rings is 2. The van der Waals surface area contributed by atoms with Crippen LogP contribution in [0.3, 0.4) is 0 Å². The van der Waals surface area contributed by atoms with Crippen molar-refractivity contribution >= 4 is 10.0 Å². The lowest BCUT2D eigenvalue weighted by molar-refractivity contribution is 0.378. The topological polar surface area (TPSA) is 37.4 Å². The zero-order valence-electron chi connectivity index (χ0n) is 12.8. The van der Waals surface area contributed by atoms with Crippen LogP contribution in [0.4, 0.5) is 13.2 Å². The molecule has 0 N–H and O–H groups in total. The minimum Gasteiger partial charge on any atom is -0.207 e. The second-order valence-electron chi connectivity index (χ2n) is 5.78. The Balaban J connectivity index is 1.93. The predicted molar refractivity (Wildman–Crippen MR) is 83.4 cm³/mol. The molecule has 0 bridgehead atoms. The summed E-state index contributed by atoms with van der Waals surface area (Å²) in [6.07, 6.45) is 1.77. The summed E-state index contributed by atoms with van der Waals surface area (Å²) in [7, 11) is -4.23. The molecule has 2 aromatic carbocycles. The van der Waals surface area contributed by atoms with Crippen molar-refractivity contribution in [3.05, 3.63) is 65.5 Å². The van der Waals surface area contributed by atoms with Crippen LogP contribution in [0.2, 0.25) is 0 Å². The maximum atomic E-state index is 13.9. The smallest absolute Gasteiger partial charge is 0.207 e. The van der Waals surface area contributed by atoms with Gasteiger partial charge in [-0.25, -0.2) is 21.6 Å². The van der Waals surface area contributed by atoms with Gasteiger partial charge in [0.25, 0.3) is 0 Å². The van der Waals surface area contributed by atoms with Crippen molar-refractivity contribution in [1.82, 2.24) is 4.31 Å². The molecule has 0 aromatic heterocycles. The Morgan fingerprint density at radius 2 is 1.71 bits per heavy atom. The Hall–Kier alpha value is -1.86. The summed E-state index contributed by atoms with van der Waals surface area (Å²) in [6, 6.07) is 10.4. The monoisotopic (exact) mass is 355 g/mol. The van der Waals surface area contributed by atoms with Gasteiger partial charge in [0, 0.05) is 12.6 Å². The highest BCUT2D eigenvalue weighted by atomic mass is 32.2. The van der Waals surface area contributed by atoms with Gasteiger partial charge in [0.05, 0.1) is 0 Å². The van der Waals surface area contributed by atoms with E-state index in [4.69, 9.17) is 0 Å². The van der Waals surface area contributed by atoms with Gasteiger partial charge in [-0.2, -0.15) is 4.31 Å². The van der Waals surface area contributed by atoms with Crippen molar-refractivity contribution < 1.29 is 21.6 Å². The number of rotatable bonds is 4. The molecule has 128 valence electrons. The van der Waals surface area contributed by atoms with Gasteiger partial charge in [0.2, 0.25) is 10.0 Å². The molecular formula is C17H16F3NO2S. The lowest BCUT2D eigenvalue weighted by Gasteiger charge is -2.24. The van der Waals surface area contributed by atoms with Crippen LogP contribution >= 0.6 is 0 Å². The lowest BCUT2D eigenvalue weighted by Crippen LogP contribution is -2.37. The van der Waals surface area contributed by atoms with Gasteiger partial charge in [0.15, 0.2) is 17.5 Å². The molecule has 0 saturated carbocycles. The van der Waals surface area contributed by atoms with Crippen LogP contribution in [-0.4, -0.2) is 25.3 Å². The van der Waals surface area contributed by atoms with Crippen LogP contribution in [0, 0.1) is 17.5 Å². The molecule has 1 atom stereocenters. The minimum atomic E-state index is -4.23. The maximum Gasteiger partial charge on any atom is 0.246 e. The predicted octanol–water partition coefficient (Wildman–Crippen LogP) is 3.50. The quantitative estimate of drug-likeness (QED) is 0.787. The van der Waals surface area contributed by atoms with Crippen molar-refractivity contribution in [2.45, 2.75) is 30.2 Å². The summed E-state index contributed by atoms with van der Waals surface area (Å²) < 4.78 is 67.1. The van der Waals surface area contributed by atoms with E-state index in [1.165, 1.54) is 4.31 Å². The van der Waals surface area contributed by atoms with Gasteiger partial charge in [-0.05, 0) is 37.0 Å². The Labute approximate surface area is 138 Å². The number of hydrogen-bond acceptors (Lipinski definition) is 2. The van der Waals surface area contributed by atoms with E-state index in [1.807, 2.05) is 30.3 Å². The second-order valence-corrected chi connectivity index (χ2v) is 7.63. The van der Waals surface area contributed by atoms with Gasteiger partial charge in [-0.3, -0.25) is 0 Å². The van der Waals surface area contributed by atoms with E-state index < -0.39 is 32.4 Å². The summed E-state index contributed by atoms with van der Waals surface area (Å²) >= 11 is 0. The number of hydrogen-bond donors (Lipinski definition) is 0. The van der Waals surface area contributed by atoms with E-state index >= 15 is 0 Å². The molecule has 1 heterocycles. The van der Waals surface area contributed by atoms with Gasteiger partial charge in [-0.1, -0.05) is 30.3 Å². The third kappa shape index (κ3) is 3.06. The van der Waals surface area contributed by atoms with Crippen molar-refractivity contribution in [2.24, 2.45) is 0 Å². The first-order valence-electron chi connectivity index (χ1n) is 7.60. The summed E-state index contributed by atoms with van der Waals surface area (Å²) in [6.45, 7) is 0.234. The van der Waals surface area contributed by atoms with E-state index in [9.17, 15) is 21.6 Å². The molecule has 1 fully saturated rings. The molecule has 0 radical (unpaired) electrons. The van der Waals surface area contributed by atoms with Crippen LogP contribution in [0.25, 0.3) is 0 Å². The van der Waals surface area contributed by atoms with Crippen molar-refractivity contribution in [3.8, 4) is 0 Å². The first kappa shape index (κ1) is 17.0. The largest absolute Gasteiger partial charge is 0.246 e. The van der Waals surface area contributed by atoms with Crippen LogP contribution in [0.15, 0.2) is 47.4 Å². The summed E-state index contributed by atoms with van der Waals surface area (Å²) in [5, 5.41) is 0. The fraction of sp³-hybridized carbons (Fsp3) is 0.294. The molecule has 0 aliphatic carbocycles.